The summed E-state index contributed by atoms with van der Waals surface area (Å²) in [7, 11) is 1.54. The summed E-state index contributed by atoms with van der Waals surface area (Å²) >= 11 is 3.44. The molecule has 0 unspecified atom stereocenters. The quantitative estimate of drug-likeness (QED) is 0.144. The van der Waals surface area contributed by atoms with E-state index in [1.54, 1.807) is 49.7 Å². The molecule has 1 aromatic heterocycles. The summed E-state index contributed by atoms with van der Waals surface area (Å²) in [5.41, 5.74) is 2.36. The molecule has 0 saturated carbocycles. The lowest BCUT2D eigenvalue weighted by molar-refractivity contribution is 0.277. The maximum absolute atomic E-state index is 14.1. The average Bonchev–Trinajstić information content (AvgIpc) is 2.92. The largest absolute Gasteiger partial charge is 0.493 e. The summed E-state index contributed by atoms with van der Waals surface area (Å²) in [6.07, 6.45) is 6.34. The van der Waals surface area contributed by atoms with Crippen LogP contribution < -0.4 is 15.0 Å². The number of aryl methyl sites for hydroxylation is 1. The fraction of sp³-hybridized carbons (Fsp3) is 0.233. The van der Waals surface area contributed by atoms with E-state index < -0.39 is 0 Å². The predicted octanol–water partition coefficient (Wildman–Crippen LogP) is 6.84. The third kappa shape index (κ3) is 6.19. The van der Waals surface area contributed by atoms with Gasteiger partial charge in [-0.25, -0.2) is 9.37 Å². The van der Waals surface area contributed by atoms with E-state index in [0.29, 0.717) is 52.2 Å². The molecule has 4 rings (SSSR count). The molecule has 196 valence electrons. The topological polar surface area (TPSA) is 65.7 Å². The molecule has 0 fully saturated rings. The minimum Gasteiger partial charge on any atom is -0.493 e. The van der Waals surface area contributed by atoms with Crippen LogP contribution >= 0.6 is 15.9 Å². The van der Waals surface area contributed by atoms with Crippen molar-refractivity contribution in [2.24, 2.45) is 5.10 Å². The first-order chi connectivity index (χ1) is 18.4. The number of halogens is 2. The number of hydrogen-bond acceptors (Lipinski definition) is 5. The number of fused-ring (bicyclic) bond motifs is 1. The second kappa shape index (κ2) is 12.6. The van der Waals surface area contributed by atoms with Crippen LogP contribution in [0.3, 0.4) is 0 Å². The third-order valence-electron chi connectivity index (χ3n) is 6.02. The zero-order valence-corrected chi connectivity index (χ0v) is 23.0. The summed E-state index contributed by atoms with van der Waals surface area (Å²) in [5.74, 6) is 1.25. The molecular formula is C30H29BrFN3O3. The molecule has 1 heterocycles. The monoisotopic (exact) mass is 577 g/mol. The van der Waals surface area contributed by atoms with Crippen LogP contribution in [0.25, 0.3) is 10.9 Å². The maximum Gasteiger partial charge on any atom is 0.282 e. The Morgan fingerprint density at radius 3 is 2.71 bits per heavy atom. The molecule has 38 heavy (non-hydrogen) atoms. The molecule has 0 atom stereocenters. The minimum absolute atomic E-state index is 0.0507. The molecule has 0 aliphatic carbocycles. The second-order valence-corrected chi connectivity index (χ2v) is 9.65. The van der Waals surface area contributed by atoms with Crippen LogP contribution in [0.15, 0.2) is 81.6 Å². The van der Waals surface area contributed by atoms with Crippen LogP contribution in [0, 0.1) is 5.82 Å². The van der Waals surface area contributed by atoms with Crippen LogP contribution in [0.1, 0.15) is 42.3 Å². The SMILES string of the molecule is C=CCc1cc(C=Nn2c(CCCC)nc3ccc(Br)cc3c2=O)cc(OC)c1OCc1ccccc1F. The smallest absolute Gasteiger partial charge is 0.282 e. The molecule has 0 saturated heterocycles. The second-order valence-electron chi connectivity index (χ2n) is 8.74. The summed E-state index contributed by atoms with van der Waals surface area (Å²) in [5, 5.41) is 5.03. The Bertz CT molecular complexity index is 1550. The van der Waals surface area contributed by atoms with Gasteiger partial charge in [0, 0.05) is 22.0 Å². The van der Waals surface area contributed by atoms with Crippen LogP contribution in [-0.4, -0.2) is 23.0 Å². The fourth-order valence-corrected chi connectivity index (χ4v) is 4.44. The Morgan fingerprint density at radius 2 is 1.97 bits per heavy atom. The van der Waals surface area contributed by atoms with Gasteiger partial charge in [-0.2, -0.15) is 9.78 Å². The summed E-state index contributed by atoms with van der Waals surface area (Å²) in [6.45, 7) is 5.99. The number of nitrogens with zero attached hydrogens (tertiary/aromatic N) is 3. The number of ether oxygens (including phenoxy) is 2. The Labute approximate surface area is 229 Å². The number of hydrogen-bond donors (Lipinski definition) is 0. The lowest BCUT2D eigenvalue weighted by Crippen LogP contribution is -2.22. The first-order valence-corrected chi connectivity index (χ1v) is 13.2. The highest BCUT2D eigenvalue weighted by Gasteiger charge is 2.15. The maximum atomic E-state index is 14.1. The Hall–Kier alpha value is -3.78. The molecule has 4 aromatic rings. The van der Waals surface area contributed by atoms with E-state index in [0.717, 1.165) is 22.9 Å². The van der Waals surface area contributed by atoms with Crippen molar-refractivity contribution in [3.8, 4) is 11.5 Å². The Kier molecular flexibility index (Phi) is 9.07. The van der Waals surface area contributed by atoms with E-state index in [2.05, 4.69) is 34.5 Å². The van der Waals surface area contributed by atoms with Gasteiger partial charge in [0.1, 0.15) is 18.2 Å². The van der Waals surface area contributed by atoms with Crippen LogP contribution in [0.2, 0.25) is 0 Å². The number of aromatic nitrogens is 2. The molecule has 0 amide bonds. The molecule has 0 N–H and O–H groups in total. The van der Waals surface area contributed by atoms with Gasteiger partial charge in [-0.3, -0.25) is 4.79 Å². The Morgan fingerprint density at radius 1 is 1.16 bits per heavy atom. The number of methoxy groups -OCH3 is 1. The lowest BCUT2D eigenvalue weighted by atomic mass is 10.1. The van der Waals surface area contributed by atoms with Gasteiger partial charge in [-0.1, -0.05) is 53.5 Å². The summed E-state index contributed by atoms with van der Waals surface area (Å²) in [6, 6.07) is 15.6. The zero-order valence-electron chi connectivity index (χ0n) is 21.4. The van der Waals surface area contributed by atoms with Gasteiger partial charge in [-0.05, 0) is 54.8 Å². The van der Waals surface area contributed by atoms with Crippen molar-refractivity contribution in [2.75, 3.05) is 7.11 Å². The van der Waals surface area contributed by atoms with E-state index in [4.69, 9.17) is 14.5 Å². The minimum atomic E-state index is -0.333. The Balaban J connectivity index is 1.73. The predicted molar refractivity (Wildman–Crippen MR) is 153 cm³/mol. The van der Waals surface area contributed by atoms with Crippen molar-refractivity contribution in [1.82, 2.24) is 9.66 Å². The molecule has 0 radical (unpaired) electrons. The highest BCUT2D eigenvalue weighted by molar-refractivity contribution is 9.10. The van der Waals surface area contributed by atoms with Crippen LogP contribution in [-0.2, 0) is 19.4 Å². The first kappa shape index (κ1) is 27.3. The summed E-state index contributed by atoms with van der Waals surface area (Å²) in [4.78, 5) is 18.1. The van der Waals surface area contributed by atoms with Gasteiger partial charge in [0.15, 0.2) is 11.5 Å². The van der Waals surface area contributed by atoms with Crippen LogP contribution in [0.4, 0.5) is 4.39 Å². The van der Waals surface area contributed by atoms with Crippen molar-refractivity contribution in [3.63, 3.8) is 0 Å². The van der Waals surface area contributed by atoms with Gasteiger partial charge >= 0.3 is 0 Å². The van der Waals surface area contributed by atoms with E-state index >= 15 is 0 Å². The van der Waals surface area contributed by atoms with Crippen molar-refractivity contribution >= 4 is 33.0 Å². The van der Waals surface area contributed by atoms with Crippen LogP contribution in [0.5, 0.6) is 11.5 Å². The molecule has 0 aliphatic rings. The number of benzene rings is 3. The standard InChI is InChI=1S/C30H29BrFN3O3/c1-4-6-12-28-34-26-14-13-23(31)17-24(26)30(36)35(28)33-18-20-15-21(9-5-2)29(27(16-20)37-3)38-19-22-10-7-8-11-25(22)32/h5,7-8,10-11,13-18H,2,4,6,9,12,19H2,1,3H3. The van der Waals surface area contributed by atoms with Crippen molar-refractivity contribution in [1.29, 1.82) is 0 Å². The molecule has 0 bridgehead atoms. The molecule has 8 heteroatoms. The van der Waals surface area contributed by atoms with Crippen molar-refractivity contribution in [3.05, 3.63) is 110 Å². The van der Waals surface area contributed by atoms with Crippen molar-refractivity contribution in [2.45, 2.75) is 39.2 Å². The molecule has 6 nitrogen and oxygen atoms in total. The van der Waals surface area contributed by atoms with Gasteiger partial charge in [-0.15, -0.1) is 6.58 Å². The number of allylic oxidation sites excluding steroid dienone is 1. The highest BCUT2D eigenvalue weighted by atomic mass is 79.9. The van der Waals surface area contributed by atoms with Gasteiger partial charge in [0.05, 0.1) is 24.2 Å². The third-order valence-corrected chi connectivity index (χ3v) is 6.51. The molecule has 3 aromatic carbocycles. The fourth-order valence-electron chi connectivity index (χ4n) is 4.08. The van der Waals surface area contributed by atoms with Gasteiger partial charge in [0.2, 0.25) is 0 Å². The van der Waals surface area contributed by atoms with Gasteiger partial charge < -0.3 is 9.47 Å². The molecule has 0 aliphatic heterocycles. The lowest BCUT2D eigenvalue weighted by Gasteiger charge is -2.16. The normalized spacial score (nSPS) is 11.3. The molecular weight excluding hydrogens is 549 g/mol. The molecule has 0 spiro atoms. The first-order valence-electron chi connectivity index (χ1n) is 12.4. The highest BCUT2D eigenvalue weighted by Crippen LogP contribution is 2.34. The number of unbranched alkanes of at least 4 members (excludes halogenated alkanes) is 1. The number of rotatable bonds is 11. The van der Waals surface area contributed by atoms with E-state index in [-0.39, 0.29) is 18.0 Å². The summed E-state index contributed by atoms with van der Waals surface area (Å²) < 4.78 is 27.9. The van der Waals surface area contributed by atoms with Crippen molar-refractivity contribution < 1.29 is 13.9 Å². The van der Waals surface area contributed by atoms with E-state index in [1.165, 1.54) is 10.7 Å². The van der Waals surface area contributed by atoms with E-state index in [9.17, 15) is 9.18 Å². The van der Waals surface area contributed by atoms with E-state index in [1.807, 2.05) is 18.2 Å². The zero-order chi connectivity index (χ0) is 27.1. The van der Waals surface area contributed by atoms with Gasteiger partial charge in [0.25, 0.3) is 5.56 Å². The average molecular weight is 578 g/mol.